The highest BCUT2D eigenvalue weighted by Gasteiger charge is 2.31. The van der Waals surface area contributed by atoms with E-state index in [-0.39, 0.29) is 0 Å². The molecule has 1 aliphatic rings. The number of benzene rings is 1. The van der Waals surface area contributed by atoms with E-state index in [2.05, 4.69) is 31.2 Å². The topological polar surface area (TPSA) is 20.2 Å². The molecule has 1 aromatic rings. The molecule has 1 aliphatic heterocycles. The Morgan fingerprint density at radius 1 is 1.33 bits per heavy atom. The monoisotopic (exact) mass is 222 g/mol. The predicted octanol–water partition coefficient (Wildman–Crippen LogP) is 2.96. The zero-order chi connectivity index (χ0) is 10.7. The van der Waals surface area contributed by atoms with Gasteiger partial charge in [0.05, 0.1) is 5.60 Å². The molecule has 1 saturated heterocycles. The standard InChI is InChI=1S/C13H18OS/c1-2-11-4-6-12(7-5-11)13(14)8-3-9-15-10-13/h4-7,14H,2-3,8-10H2,1H3/t13-/m1/s1. The van der Waals surface area contributed by atoms with Crippen molar-refractivity contribution < 1.29 is 5.11 Å². The summed E-state index contributed by atoms with van der Waals surface area (Å²) in [6.07, 6.45) is 3.09. The second kappa shape index (κ2) is 4.58. The minimum Gasteiger partial charge on any atom is -0.384 e. The zero-order valence-corrected chi connectivity index (χ0v) is 10.0. The molecule has 0 amide bonds. The van der Waals surface area contributed by atoms with Crippen LogP contribution < -0.4 is 0 Å². The Kier molecular flexibility index (Phi) is 3.37. The zero-order valence-electron chi connectivity index (χ0n) is 9.20. The van der Waals surface area contributed by atoms with Crippen LogP contribution in [0.15, 0.2) is 24.3 Å². The first kappa shape index (κ1) is 11.0. The lowest BCUT2D eigenvalue weighted by Crippen LogP contribution is -2.31. The molecule has 0 aliphatic carbocycles. The Labute approximate surface area is 95.9 Å². The molecule has 1 atom stereocenters. The molecule has 1 N–H and O–H groups in total. The van der Waals surface area contributed by atoms with E-state index in [9.17, 15) is 5.11 Å². The average Bonchev–Trinajstić information content (AvgIpc) is 2.30. The molecular weight excluding hydrogens is 204 g/mol. The van der Waals surface area contributed by atoms with Gasteiger partial charge in [0, 0.05) is 5.75 Å². The third-order valence-electron chi connectivity index (χ3n) is 3.12. The lowest BCUT2D eigenvalue weighted by atomic mass is 9.90. The van der Waals surface area contributed by atoms with Crippen molar-refractivity contribution in [1.29, 1.82) is 0 Å². The van der Waals surface area contributed by atoms with E-state index in [0.29, 0.717) is 0 Å². The van der Waals surface area contributed by atoms with Gasteiger partial charge in [0.2, 0.25) is 0 Å². The summed E-state index contributed by atoms with van der Waals surface area (Å²) in [5.41, 5.74) is 1.85. The Hall–Kier alpha value is -0.470. The Balaban J connectivity index is 2.20. The molecule has 0 bridgehead atoms. The van der Waals surface area contributed by atoms with Crippen LogP contribution in [0.1, 0.15) is 30.9 Å². The van der Waals surface area contributed by atoms with Gasteiger partial charge in [-0.3, -0.25) is 0 Å². The van der Waals surface area contributed by atoms with Gasteiger partial charge in [0.25, 0.3) is 0 Å². The van der Waals surface area contributed by atoms with Crippen LogP contribution in [0, 0.1) is 0 Å². The van der Waals surface area contributed by atoms with E-state index >= 15 is 0 Å². The van der Waals surface area contributed by atoms with Gasteiger partial charge in [0.1, 0.15) is 0 Å². The van der Waals surface area contributed by atoms with E-state index < -0.39 is 5.60 Å². The Morgan fingerprint density at radius 3 is 2.60 bits per heavy atom. The SMILES string of the molecule is CCc1ccc([C@@]2(O)CCCSC2)cc1. The van der Waals surface area contributed by atoms with Crippen molar-refractivity contribution in [2.24, 2.45) is 0 Å². The summed E-state index contributed by atoms with van der Waals surface area (Å²) in [6.45, 7) is 2.15. The van der Waals surface area contributed by atoms with Crippen LogP contribution in [-0.2, 0) is 12.0 Å². The molecule has 0 saturated carbocycles. The molecule has 0 aromatic heterocycles. The first-order chi connectivity index (χ1) is 7.24. The maximum Gasteiger partial charge on any atom is 0.0986 e. The number of aliphatic hydroxyl groups is 1. The van der Waals surface area contributed by atoms with Crippen molar-refractivity contribution in [3.63, 3.8) is 0 Å². The van der Waals surface area contributed by atoms with Crippen LogP contribution in [0.25, 0.3) is 0 Å². The molecule has 0 unspecified atom stereocenters. The minimum atomic E-state index is -0.574. The minimum absolute atomic E-state index is 0.574. The predicted molar refractivity (Wildman–Crippen MR) is 66.3 cm³/mol. The molecule has 0 spiro atoms. The van der Waals surface area contributed by atoms with Crippen LogP contribution in [0.5, 0.6) is 0 Å². The number of hydrogen-bond acceptors (Lipinski definition) is 2. The van der Waals surface area contributed by atoms with E-state index in [1.807, 2.05) is 11.8 Å². The van der Waals surface area contributed by atoms with Crippen molar-refractivity contribution in [1.82, 2.24) is 0 Å². The molecule has 1 fully saturated rings. The Morgan fingerprint density at radius 2 is 2.07 bits per heavy atom. The van der Waals surface area contributed by atoms with Gasteiger partial charge >= 0.3 is 0 Å². The maximum atomic E-state index is 10.5. The van der Waals surface area contributed by atoms with Gasteiger partial charge in [-0.25, -0.2) is 0 Å². The number of thioether (sulfide) groups is 1. The summed E-state index contributed by atoms with van der Waals surface area (Å²) >= 11 is 1.86. The van der Waals surface area contributed by atoms with Crippen LogP contribution in [0.4, 0.5) is 0 Å². The van der Waals surface area contributed by atoms with Crippen molar-refractivity contribution in [3.8, 4) is 0 Å². The number of aryl methyl sites for hydroxylation is 1. The van der Waals surface area contributed by atoms with Gasteiger partial charge in [0.15, 0.2) is 0 Å². The normalized spacial score (nSPS) is 26.5. The molecule has 82 valence electrons. The molecule has 1 heterocycles. The lowest BCUT2D eigenvalue weighted by Gasteiger charge is -2.32. The van der Waals surface area contributed by atoms with E-state index in [4.69, 9.17) is 0 Å². The average molecular weight is 222 g/mol. The van der Waals surface area contributed by atoms with Crippen LogP contribution in [-0.4, -0.2) is 16.6 Å². The molecule has 1 nitrogen and oxygen atoms in total. The third-order valence-corrected chi connectivity index (χ3v) is 4.38. The van der Waals surface area contributed by atoms with E-state index in [1.165, 1.54) is 11.3 Å². The van der Waals surface area contributed by atoms with Gasteiger partial charge in [-0.2, -0.15) is 11.8 Å². The van der Waals surface area contributed by atoms with Crippen LogP contribution in [0.3, 0.4) is 0 Å². The first-order valence-electron chi connectivity index (χ1n) is 5.64. The van der Waals surface area contributed by atoms with Crippen molar-refractivity contribution >= 4 is 11.8 Å². The van der Waals surface area contributed by atoms with Crippen LogP contribution >= 0.6 is 11.8 Å². The van der Waals surface area contributed by atoms with Gasteiger partial charge < -0.3 is 5.11 Å². The summed E-state index contributed by atoms with van der Waals surface area (Å²) in [7, 11) is 0. The van der Waals surface area contributed by atoms with E-state index in [1.54, 1.807) is 0 Å². The summed E-state index contributed by atoms with van der Waals surface area (Å²) in [6, 6.07) is 8.44. The highest BCUT2D eigenvalue weighted by atomic mass is 32.2. The highest BCUT2D eigenvalue weighted by Crippen LogP contribution is 2.35. The smallest absolute Gasteiger partial charge is 0.0986 e. The summed E-state index contributed by atoms with van der Waals surface area (Å²) in [5.74, 6) is 2.04. The summed E-state index contributed by atoms with van der Waals surface area (Å²) < 4.78 is 0. The van der Waals surface area contributed by atoms with Crippen molar-refractivity contribution in [3.05, 3.63) is 35.4 Å². The number of rotatable bonds is 2. The largest absolute Gasteiger partial charge is 0.384 e. The fraction of sp³-hybridized carbons (Fsp3) is 0.538. The van der Waals surface area contributed by atoms with Crippen molar-refractivity contribution in [2.75, 3.05) is 11.5 Å². The third kappa shape index (κ3) is 2.37. The molecular formula is C13H18OS. The summed E-state index contributed by atoms with van der Waals surface area (Å²) in [5, 5.41) is 10.5. The first-order valence-corrected chi connectivity index (χ1v) is 6.79. The lowest BCUT2D eigenvalue weighted by molar-refractivity contribution is 0.0495. The van der Waals surface area contributed by atoms with Gasteiger partial charge in [-0.15, -0.1) is 0 Å². The van der Waals surface area contributed by atoms with Crippen LogP contribution in [0.2, 0.25) is 0 Å². The molecule has 2 heteroatoms. The fourth-order valence-corrected chi connectivity index (χ4v) is 3.20. The van der Waals surface area contributed by atoms with Gasteiger partial charge in [-0.1, -0.05) is 31.2 Å². The Bertz CT molecular complexity index is 312. The number of hydrogen-bond donors (Lipinski definition) is 1. The van der Waals surface area contributed by atoms with Crippen molar-refractivity contribution in [2.45, 2.75) is 31.8 Å². The summed E-state index contributed by atoms with van der Waals surface area (Å²) in [4.78, 5) is 0. The molecule has 1 aromatic carbocycles. The highest BCUT2D eigenvalue weighted by molar-refractivity contribution is 7.99. The maximum absolute atomic E-state index is 10.5. The fourth-order valence-electron chi connectivity index (χ4n) is 2.06. The van der Waals surface area contributed by atoms with E-state index in [0.717, 1.165) is 30.6 Å². The second-order valence-electron chi connectivity index (χ2n) is 4.24. The molecule has 0 radical (unpaired) electrons. The van der Waals surface area contributed by atoms with Gasteiger partial charge in [-0.05, 0) is 36.1 Å². The quantitative estimate of drug-likeness (QED) is 0.830. The molecule has 15 heavy (non-hydrogen) atoms. The second-order valence-corrected chi connectivity index (χ2v) is 5.34. The molecule has 2 rings (SSSR count).